The molecular weight excluding hydrogens is 319 g/mol. The van der Waals surface area contributed by atoms with E-state index in [-0.39, 0.29) is 22.4 Å². The van der Waals surface area contributed by atoms with Crippen LogP contribution in [0.5, 0.6) is 5.75 Å². The normalized spacial score (nSPS) is 13.1. The molecule has 0 amide bonds. The van der Waals surface area contributed by atoms with Gasteiger partial charge in [0.1, 0.15) is 5.52 Å². The number of ketones is 1. The Kier molecular flexibility index (Phi) is 4.31. The minimum absolute atomic E-state index is 0.00885. The van der Waals surface area contributed by atoms with E-state index in [4.69, 9.17) is 9.84 Å². The lowest BCUT2D eigenvalue weighted by atomic mass is 9.95. The van der Waals surface area contributed by atoms with Gasteiger partial charge in [-0.2, -0.15) is 13.2 Å². The number of Topliss-reactive ketones (excluding diaryl/α,β-unsaturated/α-hetero) is 1. The minimum atomic E-state index is -4.82. The van der Waals surface area contributed by atoms with Crippen molar-refractivity contribution in [2.75, 3.05) is 7.11 Å². The number of rotatable bonds is 5. The zero-order chi connectivity index (χ0) is 17.4. The Bertz CT molecular complexity index is 766. The fourth-order valence-corrected chi connectivity index (χ4v) is 2.08. The third kappa shape index (κ3) is 3.27. The molecule has 124 valence electrons. The molecule has 23 heavy (non-hydrogen) atoms. The minimum Gasteiger partial charge on any atom is -0.493 e. The molecule has 2 rings (SSSR count). The second-order valence-corrected chi connectivity index (χ2v) is 4.87. The predicted octanol–water partition coefficient (Wildman–Crippen LogP) is 3.15. The van der Waals surface area contributed by atoms with Crippen molar-refractivity contribution in [2.24, 2.45) is 5.92 Å². The molecule has 1 N–H and O–H groups in total. The number of hydrogen-bond donors (Lipinski definition) is 1. The van der Waals surface area contributed by atoms with Gasteiger partial charge in [0.15, 0.2) is 17.1 Å². The molecule has 0 radical (unpaired) electrons. The smallest absolute Gasteiger partial charge is 0.468 e. The van der Waals surface area contributed by atoms with Crippen LogP contribution in [0.15, 0.2) is 16.5 Å². The number of benzene rings is 1. The van der Waals surface area contributed by atoms with Gasteiger partial charge in [-0.25, -0.2) is 4.98 Å². The summed E-state index contributed by atoms with van der Waals surface area (Å²) in [4.78, 5) is 26.3. The number of methoxy groups -OCH3 is 1. The topological polar surface area (TPSA) is 89.6 Å². The molecule has 6 nitrogen and oxygen atoms in total. The van der Waals surface area contributed by atoms with Crippen molar-refractivity contribution in [2.45, 2.75) is 19.5 Å². The van der Waals surface area contributed by atoms with E-state index < -0.39 is 36.2 Å². The molecule has 0 spiro atoms. The molecule has 0 saturated heterocycles. The highest BCUT2D eigenvalue weighted by Gasteiger charge is 2.38. The van der Waals surface area contributed by atoms with Crippen LogP contribution in [0.1, 0.15) is 29.6 Å². The number of carbonyl (C=O) groups excluding carboxylic acids is 1. The number of alkyl halides is 3. The summed E-state index contributed by atoms with van der Waals surface area (Å²) in [5, 5.41) is 8.73. The number of nitrogens with zero attached hydrogens (tertiary/aromatic N) is 1. The lowest BCUT2D eigenvalue weighted by Crippen LogP contribution is -2.16. The van der Waals surface area contributed by atoms with Crippen molar-refractivity contribution in [1.82, 2.24) is 4.98 Å². The Morgan fingerprint density at radius 2 is 2.04 bits per heavy atom. The summed E-state index contributed by atoms with van der Waals surface area (Å²) >= 11 is 0. The SMILES string of the molecule is COc1ccc(C(=O)C(C)CC(=O)O)c2nc(C(F)(F)F)oc12. The summed E-state index contributed by atoms with van der Waals surface area (Å²) in [6, 6.07) is 2.51. The van der Waals surface area contributed by atoms with Gasteiger partial charge in [0, 0.05) is 11.5 Å². The highest BCUT2D eigenvalue weighted by atomic mass is 19.4. The number of carboxylic acids is 1. The molecule has 0 saturated carbocycles. The molecule has 1 unspecified atom stereocenters. The molecule has 2 aromatic rings. The van der Waals surface area contributed by atoms with Gasteiger partial charge in [0.25, 0.3) is 0 Å². The summed E-state index contributed by atoms with van der Waals surface area (Å²) in [5.74, 6) is -4.26. The number of carbonyl (C=O) groups is 2. The van der Waals surface area contributed by atoms with Crippen molar-refractivity contribution in [3.8, 4) is 5.75 Å². The molecule has 1 heterocycles. The van der Waals surface area contributed by atoms with Gasteiger partial charge in [0.05, 0.1) is 13.5 Å². The van der Waals surface area contributed by atoms with Crippen LogP contribution in [0.2, 0.25) is 0 Å². The predicted molar refractivity (Wildman–Crippen MR) is 71.3 cm³/mol. The second kappa shape index (κ2) is 5.90. The number of hydrogen-bond acceptors (Lipinski definition) is 5. The van der Waals surface area contributed by atoms with Crippen molar-refractivity contribution in [3.63, 3.8) is 0 Å². The molecule has 1 aromatic heterocycles. The lowest BCUT2D eigenvalue weighted by Gasteiger charge is -2.09. The van der Waals surface area contributed by atoms with Gasteiger partial charge in [-0.15, -0.1) is 0 Å². The van der Waals surface area contributed by atoms with Crippen LogP contribution in [-0.2, 0) is 11.0 Å². The van der Waals surface area contributed by atoms with Crippen LogP contribution in [0.25, 0.3) is 11.1 Å². The maximum atomic E-state index is 12.8. The van der Waals surface area contributed by atoms with Gasteiger partial charge in [-0.05, 0) is 12.1 Å². The van der Waals surface area contributed by atoms with Gasteiger partial charge in [0.2, 0.25) is 0 Å². The highest BCUT2D eigenvalue weighted by molar-refractivity contribution is 6.08. The van der Waals surface area contributed by atoms with Crippen LogP contribution in [0.4, 0.5) is 13.2 Å². The van der Waals surface area contributed by atoms with Crippen LogP contribution in [0, 0.1) is 5.92 Å². The molecule has 0 aliphatic rings. The fraction of sp³-hybridized carbons (Fsp3) is 0.357. The first-order chi connectivity index (χ1) is 10.6. The zero-order valence-electron chi connectivity index (χ0n) is 12.1. The quantitative estimate of drug-likeness (QED) is 0.847. The third-order valence-electron chi connectivity index (χ3n) is 3.16. The maximum absolute atomic E-state index is 12.8. The number of carboxylic acid groups (broad SMARTS) is 1. The van der Waals surface area contributed by atoms with Crippen LogP contribution < -0.4 is 4.74 Å². The largest absolute Gasteiger partial charge is 0.493 e. The molecule has 1 atom stereocenters. The Morgan fingerprint density at radius 3 is 2.57 bits per heavy atom. The molecule has 0 aliphatic heterocycles. The van der Waals surface area contributed by atoms with E-state index >= 15 is 0 Å². The Morgan fingerprint density at radius 1 is 1.39 bits per heavy atom. The number of aromatic nitrogens is 1. The highest BCUT2D eigenvalue weighted by Crippen LogP contribution is 2.36. The average Bonchev–Trinajstić information content (AvgIpc) is 2.89. The van der Waals surface area contributed by atoms with Crippen molar-refractivity contribution < 1.29 is 37.0 Å². The standard InChI is InChI=1S/C14H12F3NO5/c1-6(5-9(19)20)11(21)7-3-4-8(22-2)12-10(7)18-13(23-12)14(15,16)17/h3-4,6H,5H2,1-2H3,(H,19,20). The van der Waals surface area contributed by atoms with E-state index in [1.54, 1.807) is 0 Å². The van der Waals surface area contributed by atoms with Gasteiger partial charge >= 0.3 is 18.0 Å². The second-order valence-electron chi connectivity index (χ2n) is 4.87. The van der Waals surface area contributed by atoms with Crippen molar-refractivity contribution in [1.29, 1.82) is 0 Å². The maximum Gasteiger partial charge on any atom is 0.468 e. The van der Waals surface area contributed by atoms with Crippen LogP contribution >= 0.6 is 0 Å². The van der Waals surface area contributed by atoms with E-state index in [0.717, 1.165) is 0 Å². The first kappa shape index (κ1) is 16.8. The summed E-state index contributed by atoms with van der Waals surface area (Å²) < 4.78 is 47.9. The fourth-order valence-electron chi connectivity index (χ4n) is 2.08. The first-order valence-corrected chi connectivity index (χ1v) is 6.46. The zero-order valence-corrected chi connectivity index (χ0v) is 12.1. The summed E-state index contributed by atoms with van der Waals surface area (Å²) in [7, 11) is 1.24. The van der Waals surface area contributed by atoms with Gasteiger partial charge < -0.3 is 14.3 Å². The molecule has 1 aromatic carbocycles. The van der Waals surface area contributed by atoms with E-state index in [0.29, 0.717) is 0 Å². The molecular formula is C14H12F3NO5. The Labute approximate surface area is 127 Å². The number of ether oxygens (including phenoxy) is 1. The van der Waals surface area contributed by atoms with Crippen molar-refractivity contribution >= 4 is 22.9 Å². The van der Waals surface area contributed by atoms with Gasteiger partial charge in [-0.3, -0.25) is 9.59 Å². The molecule has 9 heteroatoms. The Balaban J connectivity index is 2.59. The van der Waals surface area contributed by atoms with E-state index in [1.807, 2.05) is 0 Å². The van der Waals surface area contributed by atoms with Crippen molar-refractivity contribution in [3.05, 3.63) is 23.6 Å². The van der Waals surface area contributed by atoms with E-state index in [1.165, 1.54) is 26.2 Å². The first-order valence-electron chi connectivity index (χ1n) is 6.46. The average molecular weight is 331 g/mol. The summed E-state index contributed by atoms with van der Waals surface area (Å²) in [5.41, 5.74) is -0.763. The Hall–Kier alpha value is -2.58. The number of aliphatic carboxylic acids is 1. The molecule has 0 bridgehead atoms. The molecule has 0 fully saturated rings. The summed E-state index contributed by atoms with van der Waals surface area (Å²) in [6.07, 6.45) is -5.27. The van der Waals surface area contributed by atoms with Gasteiger partial charge in [-0.1, -0.05) is 6.92 Å². The lowest BCUT2D eigenvalue weighted by molar-refractivity contribution is -0.156. The third-order valence-corrected chi connectivity index (χ3v) is 3.16. The number of oxazole rings is 1. The van der Waals surface area contributed by atoms with E-state index in [2.05, 4.69) is 9.40 Å². The molecule has 0 aliphatic carbocycles. The number of fused-ring (bicyclic) bond motifs is 1. The van der Waals surface area contributed by atoms with Crippen LogP contribution in [-0.4, -0.2) is 29.0 Å². The number of halogens is 3. The van der Waals surface area contributed by atoms with Crippen LogP contribution in [0.3, 0.4) is 0 Å². The summed E-state index contributed by atoms with van der Waals surface area (Å²) in [6.45, 7) is 1.37. The van der Waals surface area contributed by atoms with E-state index in [9.17, 15) is 22.8 Å². The monoisotopic (exact) mass is 331 g/mol.